The summed E-state index contributed by atoms with van der Waals surface area (Å²) in [5.74, 6) is -0.0638. The normalized spacial score (nSPS) is 43.8. The molecule has 1 aliphatic heterocycles. The van der Waals surface area contributed by atoms with Gasteiger partial charge < -0.3 is 9.47 Å². The highest BCUT2D eigenvalue weighted by molar-refractivity contribution is 5.78. The van der Waals surface area contributed by atoms with Gasteiger partial charge in [0.15, 0.2) is 0 Å². The second-order valence-corrected chi connectivity index (χ2v) is 4.11. The quantitative estimate of drug-likeness (QED) is 0.460. The molecule has 1 spiro atoms. The Labute approximate surface area is 72.0 Å². The molecule has 2 rings (SSSR count). The van der Waals surface area contributed by atoms with Crippen LogP contribution in [0.5, 0.6) is 0 Å². The Morgan fingerprint density at radius 2 is 2.17 bits per heavy atom. The van der Waals surface area contributed by atoms with Crippen molar-refractivity contribution < 1.29 is 14.3 Å². The fourth-order valence-electron chi connectivity index (χ4n) is 2.13. The van der Waals surface area contributed by atoms with Crippen molar-refractivity contribution in [1.82, 2.24) is 0 Å². The number of hydrogen-bond donors (Lipinski definition) is 0. The van der Waals surface area contributed by atoms with Gasteiger partial charge in [0, 0.05) is 0 Å². The Balaban J connectivity index is 1.91. The van der Waals surface area contributed by atoms with Crippen LogP contribution >= 0.6 is 0 Å². The van der Waals surface area contributed by atoms with Crippen LogP contribution in [0.3, 0.4) is 0 Å². The molecule has 12 heavy (non-hydrogen) atoms. The van der Waals surface area contributed by atoms with Gasteiger partial charge in [-0.1, -0.05) is 0 Å². The van der Waals surface area contributed by atoms with Crippen LogP contribution in [0.1, 0.15) is 26.7 Å². The van der Waals surface area contributed by atoms with E-state index in [1.165, 1.54) is 0 Å². The molecule has 3 heteroatoms. The van der Waals surface area contributed by atoms with Gasteiger partial charge >= 0.3 is 5.97 Å². The maximum absolute atomic E-state index is 11.4. The van der Waals surface area contributed by atoms with Crippen LogP contribution in [0, 0.1) is 5.41 Å². The summed E-state index contributed by atoms with van der Waals surface area (Å²) in [5, 5.41) is 0. The molecule has 1 saturated carbocycles. The minimum Gasteiger partial charge on any atom is -0.466 e. The molecule has 0 aromatic rings. The van der Waals surface area contributed by atoms with Crippen LogP contribution in [0.2, 0.25) is 0 Å². The molecule has 0 amide bonds. The summed E-state index contributed by atoms with van der Waals surface area (Å²) in [6, 6.07) is 0. The van der Waals surface area contributed by atoms with Gasteiger partial charge in [-0.15, -0.1) is 0 Å². The van der Waals surface area contributed by atoms with Crippen molar-refractivity contribution in [3.8, 4) is 0 Å². The average Bonchev–Trinajstić information content (AvgIpc) is 2.67. The van der Waals surface area contributed by atoms with Crippen molar-refractivity contribution >= 4 is 5.97 Å². The molecule has 1 saturated heterocycles. The lowest BCUT2D eigenvalue weighted by Gasteiger charge is -2.40. The van der Waals surface area contributed by atoms with Crippen LogP contribution in [0.25, 0.3) is 0 Å². The second-order valence-electron chi connectivity index (χ2n) is 4.11. The van der Waals surface area contributed by atoms with E-state index >= 15 is 0 Å². The standard InChI is InChI=1S/C9H14O3/c1-3-11-7(10)8(2)4-9(5-8)6-12-9/h3-6H2,1-2H3. The van der Waals surface area contributed by atoms with Crippen LogP contribution in [-0.2, 0) is 14.3 Å². The Hall–Kier alpha value is -0.570. The Kier molecular flexibility index (Phi) is 1.49. The fourth-order valence-corrected chi connectivity index (χ4v) is 2.13. The summed E-state index contributed by atoms with van der Waals surface area (Å²) in [5.41, 5.74) is -0.173. The number of rotatable bonds is 2. The van der Waals surface area contributed by atoms with Crippen molar-refractivity contribution in [1.29, 1.82) is 0 Å². The molecular formula is C9H14O3. The zero-order valence-electron chi connectivity index (χ0n) is 7.55. The van der Waals surface area contributed by atoms with E-state index in [-0.39, 0.29) is 17.0 Å². The summed E-state index contributed by atoms with van der Waals surface area (Å²) in [7, 11) is 0. The molecule has 1 heterocycles. The maximum Gasteiger partial charge on any atom is 0.312 e. The Morgan fingerprint density at radius 3 is 2.58 bits per heavy atom. The third-order valence-electron chi connectivity index (χ3n) is 2.75. The van der Waals surface area contributed by atoms with Gasteiger partial charge in [0.2, 0.25) is 0 Å². The smallest absolute Gasteiger partial charge is 0.312 e. The highest BCUT2D eigenvalue weighted by Gasteiger charge is 2.64. The van der Waals surface area contributed by atoms with Gasteiger partial charge in [-0.2, -0.15) is 0 Å². The molecule has 0 aromatic carbocycles. The summed E-state index contributed by atoms with van der Waals surface area (Å²) in [6.45, 7) is 5.10. The monoisotopic (exact) mass is 170 g/mol. The van der Waals surface area contributed by atoms with E-state index in [2.05, 4.69) is 0 Å². The molecule has 2 fully saturated rings. The topological polar surface area (TPSA) is 38.8 Å². The molecule has 3 nitrogen and oxygen atoms in total. The first-order valence-electron chi connectivity index (χ1n) is 4.41. The number of epoxide rings is 1. The van der Waals surface area contributed by atoms with E-state index in [0.717, 1.165) is 19.4 Å². The molecule has 0 radical (unpaired) electrons. The number of esters is 1. The van der Waals surface area contributed by atoms with Crippen LogP contribution in [-0.4, -0.2) is 24.8 Å². The van der Waals surface area contributed by atoms with Gasteiger partial charge in [0.05, 0.1) is 24.2 Å². The lowest BCUT2D eigenvalue weighted by Crippen LogP contribution is -2.47. The third kappa shape index (κ3) is 1.04. The maximum atomic E-state index is 11.4. The first-order valence-corrected chi connectivity index (χ1v) is 4.41. The van der Waals surface area contributed by atoms with Crippen LogP contribution in [0.15, 0.2) is 0 Å². The third-order valence-corrected chi connectivity index (χ3v) is 2.75. The molecular weight excluding hydrogens is 156 g/mol. The average molecular weight is 170 g/mol. The van der Waals surface area contributed by atoms with E-state index in [4.69, 9.17) is 9.47 Å². The summed E-state index contributed by atoms with van der Waals surface area (Å²) < 4.78 is 10.2. The zero-order chi connectivity index (χ0) is 8.82. The molecule has 68 valence electrons. The number of carbonyl (C=O) groups is 1. The van der Waals surface area contributed by atoms with E-state index in [1.54, 1.807) is 0 Å². The first-order chi connectivity index (χ1) is 5.60. The minimum atomic E-state index is -0.257. The second kappa shape index (κ2) is 2.22. The highest BCUT2D eigenvalue weighted by atomic mass is 16.6. The Morgan fingerprint density at radius 1 is 1.58 bits per heavy atom. The number of hydrogen-bond acceptors (Lipinski definition) is 3. The van der Waals surface area contributed by atoms with Crippen molar-refractivity contribution in [2.45, 2.75) is 32.3 Å². The van der Waals surface area contributed by atoms with Crippen molar-refractivity contribution in [3.05, 3.63) is 0 Å². The van der Waals surface area contributed by atoms with Gasteiger partial charge in [0.1, 0.15) is 0 Å². The highest BCUT2D eigenvalue weighted by Crippen LogP contribution is 2.57. The zero-order valence-corrected chi connectivity index (χ0v) is 7.55. The molecule has 0 unspecified atom stereocenters. The summed E-state index contributed by atoms with van der Waals surface area (Å²) in [4.78, 5) is 11.4. The fraction of sp³-hybridized carbons (Fsp3) is 0.889. The predicted molar refractivity (Wildman–Crippen MR) is 42.7 cm³/mol. The van der Waals surface area contributed by atoms with E-state index in [9.17, 15) is 4.79 Å². The molecule has 0 aromatic heterocycles. The van der Waals surface area contributed by atoms with Crippen molar-refractivity contribution in [2.24, 2.45) is 5.41 Å². The molecule has 0 atom stereocenters. The van der Waals surface area contributed by atoms with Gasteiger partial charge in [-0.25, -0.2) is 0 Å². The van der Waals surface area contributed by atoms with Gasteiger partial charge in [-0.05, 0) is 26.7 Å². The molecule has 0 bridgehead atoms. The van der Waals surface area contributed by atoms with E-state index in [1.807, 2.05) is 13.8 Å². The Bertz CT molecular complexity index is 210. The van der Waals surface area contributed by atoms with Gasteiger partial charge in [0.25, 0.3) is 0 Å². The van der Waals surface area contributed by atoms with Crippen LogP contribution in [0.4, 0.5) is 0 Å². The van der Waals surface area contributed by atoms with Crippen LogP contribution < -0.4 is 0 Å². The molecule has 1 aliphatic carbocycles. The predicted octanol–water partition coefficient (Wildman–Crippen LogP) is 1.12. The lowest BCUT2D eigenvalue weighted by molar-refractivity contribution is -0.164. The number of carbonyl (C=O) groups excluding carboxylic acids is 1. The number of ether oxygens (including phenoxy) is 2. The van der Waals surface area contributed by atoms with E-state index in [0.29, 0.717) is 6.61 Å². The minimum absolute atomic E-state index is 0.0638. The van der Waals surface area contributed by atoms with E-state index < -0.39 is 0 Å². The molecule has 2 aliphatic rings. The summed E-state index contributed by atoms with van der Waals surface area (Å²) >= 11 is 0. The summed E-state index contributed by atoms with van der Waals surface area (Å²) in [6.07, 6.45) is 1.69. The first kappa shape index (κ1) is 8.05. The largest absolute Gasteiger partial charge is 0.466 e. The van der Waals surface area contributed by atoms with Crippen molar-refractivity contribution in [2.75, 3.05) is 13.2 Å². The van der Waals surface area contributed by atoms with Crippen molar-refractivity contribution in [3.63, 3.8) is 0 Å². The lowest BCUT2D eigenvalue weighted by atomic mass is 9.63. The van der Waals surface area contributed by atoms with Gasteiger partial charge in [-0.3, -0.25) is 4.79 Å². The molecule has 0 N–H and O–H groups in total. The SMILES string of the molecule is CCOC(=O)C1(C)CC2(CO2)C1.